The molecule has 0 spiro atoms. The highest BCUT2D eigenvalue weighted by atomic mass is 35.5. The van der Waals surface area contributed by atoms with Crippen LogP contribution < -0.4 is 5.32 Å². The average Bonchev–Trinajstić information content (AvgIpc) is 2.67. The van der Waals surface area contributed by atoms with Crippen LogP contribution in [0.5, 0.6) is 0 Å². The molecule has 1 aromatic carbocycles. The van der Waals surface area contributed by atoms with Gasteiger partial charge in [-0.1, -0.05) is 37.8 Å². The molecule has 1 atom stereocenters. The van der Waals surface area contributed by atoms with Gasteiger partial charge >= 0.3 is 0 Å². The molecule has 144 valence electrons. The Kier molecular flexibility index (Phi) is 8.79. The van der Waals surface area contributed by atoms with Gasteiger partial charge in [-0.25, -0.2) is 0 Å². The number of nitrogens with one attached hydrogen (secondary N) is 1. The predicted molar refractivity (Wildman–Crippen MR) is 109 cm³/mol. The molecule has 4 nitrogen and oxygen atoms in total. The fraction of sp³-hybridized carbons (Fsp3) is 0.600. The SMILES string of the molecule is CCCCCCNC(=O)C1CCCN(C(=O)c2cc(SC)ccc2Cl)C1. The number of piperidine rings is 1. The Morgan fingerprint density at radius 1 is 1.31 bits per heavy atom. The van der Waals surface area contributed by atoms with Gasteiger partial charge in [0.05, 0.1) is 16.5 Å². The van der Waals surface area contributed by atoms with E-state index in [1.165, 1.54) is 12.8 Å². The summed E-state index contributed by atoms with van der Waals surface area (Å²) in [5.74, 6) is -0.129. The van der Waals surface area contributed by atoms with E-state index in [2.05, 4.69) is 12.2 Å². The lowest BCUT2D eigenvalue weighted by Gasteiger charge is -2.32. The smallest absolute Gasteiger partial charge is 0.255 e. The molecule has 0 saturated carbocycles. The minimum Gasteiger partial charge on any atom is -0.356 e. The summed E-state index contributed by atoms with van der Waals surface area (Å²) in [4.78, 5) is 28.1. The van der Waals surface area contributed by atoms with E-state index in [4.69, 9.17) is 11.6 Å². The van der Waals surface area contributed by atoms with Crippen molar-refractivity contribution in [3.63, 3.8) is 0 Å². The zero-order chi connectivity index (χ0) is 18.9. The van der Waals surface area contributed by atoms with Crippen LogP contribution in [0.2, 0.25) is 5.02 Å². The van der Waals surface area contributed by atoms with Crippen LogP contribution in [0.4, 0.5) is 0 Å². The molecule has 1 aliphatic heterocycles. The van der Waals surface area contributed by atoms with Gasteiger partial charge in [-0.3, -0.25) is 9.59 Å². The summed E-state index contributed by atoms with van der Waals surface area (Å²) in [6.07, 6.45) is 8.22. The number of nitrogens with zero attached hydrogens (tertiary/aromatic N) is 1. The van der Waals surface area contributed by atoms with Crippen molar-refractivity contribution in [2.75, 3.05) is 25.9 Å². The van der Waals surface area contributed by atoms with Gasteiger partial charge in [-0.2, -0.15) is 0 Å². The molecule has 1 saturated heterocycles. The van der Waals surface area contributed by atoms with Crippen LogP contribution in [0.1, 0.15) is 55.8 Å². The topological polar surface area (TPSA) is 49.4 Å². The third-order valence-electron chi connectivity index (χ3n) is 4.81. The van der Waals surface area contributed by atoms with Gasteiger partial charge in [0.15, 0.2) is 0 Å². The van der Waals surface area contributed by atoms with Crippen LogP contribution in [0.3, 0.4) is 0 Å². The zero-order valence-electron chi connectivity index (χ0n) is 15.7. The van der Waals surface area contributed by atoms with Crippen molar-refractivity contribution in [1.29, 1.82) is 0 Å². The highest BCUT2D eigenvalue weighted by Gasteiger charge is 2.29. The van der Waals surface area contributed by atoms with Crippen molar-refractivity contribution >= 4 is 35.2 Å². The Bertz CT molecular complexity index is 624. The standard InChI is InChI=1S/C20H29ClN2O2S/c1-3-4-5-6-11-22-19(24)15-8-7-12-23(14-15)20(25)17-13-16(26-2)9-10-18(17)21/h9-10,13,15H,3-8,11-12,14H2,1-2H3,(H,22,24). The number of carbonyl (C=O) groups is 2. The Labute approximate surface area is 166 Å². The second kappa shape index (κ2) is 10.8. The summed E-state index contributed by atoms with van der Waals surface area (Å²) in [5.41, 5.74) is 0.527. The molecule has 0 radical (unpaired) electrons. The number of halogens is 1. The fourth-order valence-corrected chi connectivity index (χ4v) is 3.89. The lowest BCUT2D eigenvalue weighted by Crippen LogP contribution is -2.45. The Hall–Kier alpha value is -1.20. The van der Waals surface area contributed by atoms with Gasteiger partial charge in [0.1, 0.15) is 0 Å². The molecule has 1 aromatic rings. The summed E-state index contributed by atoms with van der Waals surface area (Å²) in [6.45, 7) is 4.05. The first-order chi connectivity index (χ1) is 12.6. The molecule has 2 amide bonds. The minimum absolute atomic E-state index is 0.0722. The monoisotopic (exact) mass is 396 g/mol. The van der Waals surface area contributed by atoms with Crippen molar-refractivity contribution in [2.24, 2.45) is 5.92 Å². The van der Waals surface area contributed by atoms with Crippen molar-refractivity contribution in [3.8, 4) is 0 Å². The quantitative estimate of drug-likeness (QED) is 0.515. The number of rotatable bonds is 8. The maximum Gasteiger partial charge on any atom is 0.255 e. The fourth-order valence-electron chi connectivity index (χ4n) is 3.25. The van der Waals surface area contributed by atoms with Crippen LogP contribution in [-0.4, -0.2) is 42.6 Å². The lowest BCUT2D eigenvalue weighted by molar-refractivity contribution is -0.126. The van der Waals surface area contributed by atoms with Gasteiger partial charge in [0.2, 0.25) is 5.91 Å². The van der Waals surface area contributed by atoms with Crippen LogP contribution in [0.25, 0.3) is 0 Å². The number of amides is 2. The number of thioether (sulfide) groups is 1. The molecular weight excluding hydrogens is 368 g/mol. The Morgan fingerprint density at radius 3 is 2.85 bits per heavy atom. The van der Waals surface area contributed by atoms with Gasteiger partial charge in [-0.15, -0.1) is 11.8 Å². The predicted octanol–water partition coefficient (Wildman–Crippen LogP) is 4.61. The van der Waals surface area contributed by atoms with E-state index in [-0.39, 0.29) is 17.7 Å². The molecule has 1 fully saturated rings. The van der Waals surface area contributed by atoms with Crippen molar-refractivity contribution in [3.05, 3.63) is 28.8 Å². The molecule has 1 N–H and O–H groups in total. The Balaban J connectivity index is 1.93. The normalized spacial score (nSPS) is 17.2. The van der Waals surface area contributed by atoms with Crippen LogP contribution in [0, 0.1) is 5.92 Å². The van der Waals surface area contributed by atoms with Gasteiger partial charge in [0, 0.05) is 24.5 Å². The lowest BCUT2D eigenvalue weighted by atomic mass is 9.96. The summed E-state index contributed by atoms with van der Waals surface area (Å²) in [7, 11) is 0. The molecule has 26 heavy (non-hydrogen) atoms. The summed E-state index contributed by atoms with van der Waals surface area (Å²) in [5, 5.41) is 3.50. The van der Waals surface area contributed by atoms with Gasteiger partial charge in [0.25, 0.3) is 5.91 Å². The molecule has 1 unspecified atom stereocenters. The van der Waals surface area contributed by atoms with Crippen molar-refractivity contribution in [2.45, 2.75) is 50.3 Å². The van der Waals surface area contributed by atoms with E-state index < -0.39 is 0 Å². The second-order valence-electron chi connectivity index (χ2n) is 6.79. The molecule has 1 heterocycles. The second-order valence-corrected chi connectivity index (χ2v) is 8.07. The first-order valence-corrected chi connectivity index (χ1v) is 11.1. The van der Waals surface area contributed by atoms with Gasteiger partial charge < -0.3 is 10.2 Å². The molecule has 0 aromatic heterocycles. The number of likely N-dealkylation sites (tertiary alicyclic amines) is 1. The van der Waals surface area contributed by atoms with E-state index >= 15 is 0 Å². The molecule has 1 aliphatic rings. The number of hydrogen-bond donors (Lipinski definition) is 1. The van der Waals surface area contributed by atoms with Crippen molar-refractivity contribution in [1.82, 2.24) is 10.2 Å². The number of hydrogen-bond acceptors (Lipinski definition) is 3. The van der Waals surface area contributed by atoms with Crippen LogP contribution in [0.15, 0.2) is 23.1 Å². The maximum atomic E-state index is 12.9. The van der Waals surface area contributed by atoms with E-state index in [1.54, 1.807) is 22.7 Å². The third kappa shape index (κ3) is 5.92. The average molecular weight is 397 g/mol. The third-order valence-corrected chi connectivity index (χ3v) is 5.87. The highest BCUT2D eigenvalue weighted by Crippen LogP contribution is 2.26. The summed E-state index contributed by atoms with van der Waals surface area (Å²) >= 11 is 7.82. The molecule has 6 heteroatoms. The largest absolute Gasteiger partial charge is 0.356 e. The van der Waals surface area contributed by atoms with Crippen molar-refractivity contribution < 1.29 is 9.59 Å². The zero-order valence-corrected chi connectivity index (χ0v) is 17.3. The van der Waals surface area contributed by atoms with E-state index in [9.17, 15) is 9.59 Å². The number of carbonyl (C=O) groups excluding carboxylic acids is 2. The van der Waals surface area contributed by atoms with Crippen LogP contribution >= 0.6 is 23.4 Å². The summed E-state index contributed by atoms with van der Waals surface area (Å²) in [6, 6.07) is 5.52. The first-order valence-electron chi connectivity index (χ1n) is 9.47. The maximum absolute atomic E-state index is 12.9. The van der Waals surface area contributed by atoms with Gasteiger partial charge in [-0.05, 0) is 43.7 Å². The van der Waals surface area contributed by atoms with E-state index in [1.807, 2.05) is 18.4 Å². The summed E-state index contributed by atoms with van der Waals surface area (Å²) < 4.78 is 0. The Morgan fingerprint density at radius 2 is 2.12 bits per heavy atom. The highest BCUT2D eigenvalue weighted by molar-refractivity contribution is 7.98. The number of benzene rings is 1. The number of unbranched alkanes of at least 4 members (excludes halogenated alkanes) is 3. The molecule has 2 rings (SSSR count). The van der Waals surface area contributed by atoms with Crippen LogP contribution in [-0.2, 0) is 4.79 Å². The molecule has 0 bridgehead atoms. The minimum atomic E-state index is -0.124. The first kappa shape index (κ1) is 21.1. The van der Waals surface area contributed by atoms with E-state index in [0.717, 1.165) is 37.1 Å². The van der Waals surface area contributed by atoms with E-state index in [0.29, 0.717) is 23.7 Å². The molecular formula is C20H29ClN2O2S. The molecule has 0 aliphatic carbocycles.